The van der Waals surface area contributed by atoms with Crippen molar-refractivity contribution in [1.82, 2.24) is 19.5 Å². The van der Waals surface area contributed by atoms with Crippen molar-refractivity contribution in [1.29, 1.82) is 0 Å². The topological polar surface area (TPSA) is 82.6 Å². The summed E-state index contributed by atoms with van der Waals surface area (Å²) in [5, 5.41) is 0. The van der Waals surface area contributed by atoms with Gasteiger partial charge in [0.05, 0.1) is 4.90 Å². The van der Waals surface area contributed by atoms with Crippen molar-refractivity contribution in [3.05, 3.63) is 59.9 Å². The van der Waals surface area contributed by atoms with Crippen LogP contribution in [0.4, 0.5) is 0 Å². The first-order valence-corrected chi connectivity index (χ1v) is 12.4. The van der Waals surface area contributed by atoms with Crippen LogP contribution in [0.15, 0.2) is 53.6 Å². The second-order valence-corrected chi connectivity index (χ2v) is 10.2. The van der Waals surface area contributed by atoms with Crippen molar-refractivity contribution in [3.63, 3.8) is 0 Å². The minimum absolute atomic E-state index is 0.0369. The van der Waals surface area contributed by atoms with Gasteiger partial charge in [-0.3, -0.25) is 9.78 Å². The molecule has 166 valence electrons. The van der Waals surface area contributed by atoms with Crippen molar-refractivity contribution in [2.45, 2.75) is 49.1 Å². The maximum absolute atomic E-state index is 13.0. The lowest BCUT2D eigenvalue weighted by atomic mass is 10.0. The van der Waals surface area contributed by atoms with Gasteiger partial charge in [0, 0.05) is 62.6 Å². The van der Waals surface area contributed by atoms with Crippen LogP contribution in [0.5, 0.6) is 0 Å². The molecule has 1 aromatic carbocycles. The van der Waals surface area contributed by atoms with E-state index in [-0.39, 0.29) is 22.9 Å². The third-order valence-electron chi connectivity index (χ3n) is 6.13. The number of nitrogens with zero attached hydrogens (tertiary/aromatic N) is 3. The SMILES string of the molecule is CN(C(=O)c1cccc(S(=O)(=O)NC2CC2)c1)C1CCN(CCc2ccccn2)CC1. The van der Waals surface area contributed by atoms with Gasteiger partial charge in [0.1, 0.15) is 0 Å². The van der Waals surface area contributed by atoms with Gasteiger partial charge in [-0.15, -0.1) is 0 Å². The van der Waals surface area contributed by atoms with E-state index in [1.807, 2.05) is 31.4 Å². The molecule has 1 aromatic heterocycles. The zero-order valence-electron chi connectivity index (χ0n) is 17.9. The Kier molecular flexibility index (Phi) is 6.69. The van der Waals surface area contributed by atoms with Crippen LogP contribution in [0, 0.1) is 0 Å². The number of hydrogen-bond donors (Lipinski definition) is 1. The van der Waals surface area contributed by atoms with Gasteiger partial charge in [-0.05, 0) is 56.0 Å². The molecular weight excluding hydrogens is 412 g/mol. The van der Waals surface area contributed by atoms with E-state index in [0.717, 1.165) is 57.4 Å². The van der Waals surface area contributed by atoms with Gasteiger partial charge < -0.3 is 9.80 Å². The zero-order chi connectivity index (χ0) is 21.8. The number of piperidine rings is 1. The van der Waals surface area contributed by atoms with Crippen LogP contribution in [-0.2, 0) is 16.4 Å². The van der Waals surface area contributed by atoms with Gasteiger partial charge in [0.15, 0.2) is 0 Å². The fraction of sp³-hybridized carbons (Fsp3) is 0.478. The Morgan fingerprint density at radius 3 is 2.58 bits per heavy atom. The maximum atomic E-state index is 13.0. The molecule has 2 aromatic rings. The van der Waals surface area contributed by atoms with Crippen LogP contribution >= 0.6 is 0 Å². The maximum Gasteiger partial charge on any atom is 0.253 e. The molecule has 1 amide bonds. The van der Waals surface area contributed by atoms with Gasteiger partial charge in [0.25, 0.3) is 5.91 Å². The van der Waals surface area contributed by atoms with Gasteiger partial charge in [-0.1, -0.05) is 12.1 Å². The highest BCUT2D eigenvalue weighted by molar-refractivity contribution is 7.89. The van der Waals surface area contributed by atoms with Crippen LogP contribution in [-0.4, -0.2) is 67.9 Å². The number of rotatable bonds is 8. The lowest BCUT2D eigenvalue weighted by Gasteiger charge is -2.36. The normalized spacial score (nSPS) is 18.1. The van der Waals surface area contributed by atoms with Gasteiger partial charge in [-0.2, -0.15) is 0 Å². The fourth-order valence-corrected chi connectivity index (χ4v) is 5.35. The lowest BCUT2D eigenvalue weighted by molar-refractivity contribution is 0.0643. The molecule has 0 spiro atoms. The Balaban J connectivity index is 1.32. The number of hydrogen-bond acceptors (Lipinski definition) is 5. The molecule has 0 radical (unpaired) electrons. The van der Waals surface area contributed by atoms with Gasteiger partial charge >= 0.3 is 0 Å². The number of aromatic nitrogens is 1. The predicted molar refractivity (Wildman–Crippen MR) is 119 cm³/mol. The molecule has 1 aliphatic heterocycles. The Bertz CT molecular complexity index is 1000. The van der Waals surface area contributed by atoms with E-state index < -0.39 is 10.0 Å². The lowest BCUT2D eigenvalue weighted by Crippen LogP contribution is -2.46. The molecule has 1 N–H and O–H groups in total. The molecule has 1 saturated heterocycles. The number of likely N-dealkylation sites (tertiary alicyclic amines) is 1. The van der Waals surface area contributed by atoms with Gasteiger partial charge in [0.2, 0.25) is 10.0 Å². The van der Waals surface area contributed by atoms with E-state index in [0.29, 0.717) is 5.56 Å². The molecule has 4 rings (SSSR count). The quantitative estimate of drug-likeness (QED) is 0.678. The number of sulfonamides is 1. The summed E-state index contributed by atoms with van der Waals surface area (Å²) in [4.78, 5) is 21.8. The summed E-state index contributed by atoms with van der Waals surface area (Å²) in [7, 11) is -1.75. The third kappa shape index (κ3) is 5.70. The standard InChI is InChI=1S/C23H30N4O3S/c1-26(21-11-15-27(16-12-21)14-10-19-6-2-3-13-24-19)23(28)18-5-4-7-22(17-18)31(29,30)25-20-8-9-20/h2-7,13,17,20-21,25H,8-12,14-16H2,1H3. The summed E-state index contributed by atoms with van der Waals surface area (Å²) in [6.07, 6.45) is 6.32. The largest absolute Gasteiger partial charge is 0.339 e. The van der Waals surface area contributed by atoms with Crippen LogP contribution in [0.2, 0.25) is 0 Å². The molecule has 2 aliphatic rings. The van der Waals surface area contributed by atoms with Crippen LogP contribution in [0.3, 0.4) is 0 Å². The number of pyridine rings is 1. The summed E-state index contributed by atoms with van der Waals surface area (Å²) < 4.78 is 27.6. The number of benzene rings is 1. The minimum Gasteiger partial charge on any atom is -0.339 e. The summed E-state index contributed by atoms with van der Waals surface area (Å²) in [6.45, 7) is 2.85. The first kappa shape index (κ1) is 21.9. The summed E-state index contributed by atoms with van der Waals surface area (Å²) in [6, 6.07) is 12.5. The molecule has 7 nitrogen and oxygen atoms in total. The zero-order valence-corrected chi connectivity index (χ0v) is 18.7. The van der Waals surface area contributed by atoms with E-state index in [1.54, 1.807) is 23.1 Å². The van der Waals surface area contributed by atoms with Gasteiger partial charge in [-0.25, -0.2) is 13.1 Å². The highest BCUT2D eigenvalue weighted by Crippen LogP contribution is 2.23. The molecule has 0 unspecified atom stereocenters. The number of carbonyl (C=O) groups is 1. The number of nitrogens with one attached hydrogen (secondary N) is 1. The molecule has 2 fully saturated rings. The molecule has 8 heteroatoms. The van der Waals surface area contributed by atoms with Crippen molar-refractivity contribution >= 4 is 15.9 Å². The minimum atomic E-state index is -3.57. The van der Waals surface area contributed by atoms with Crippen molar-refractivity contribution in [2.75, 3.05) is 26.7 Å². The summed E-state index contributed by atoms with van der Waals surface area (Å²) in [5.74, 6) is -0.129. The Hall–Kier alpha value is -2.29. The summed E-state index contributed by atoms with van der Waals surface area (Å²) in [5.41, 5.74) is 1.52. The van der Waals surface area contributed by atoms with E-state index >= 15 is 0 Å². The summed E-state index contributed by atoms with van der Waals surface area (Å²) >= 11 is 0. The highest BCUT2D eigenvalue weighted by atomic mass is 32.2. The smallest absolute Gasteiger partial charge is 0.253 e. The fourth-order valence-electron chi connectivity index (χ4n) is 4.00. The number of amides is 1. The van der Waals surface area contributed by atoms with Crippen molar-refractivity contribution < 1.29 is 13.2 Å². The highest BCUT2D eigenvalue weighted by Gasteiger charge is 2.29. The molecule has 2 heterocycles. The Morgan fingerprint density at radius 1 is 1.13 bits per heavy atom. The average molecular weight is 443 g/mol. The molecule has 31 heavy (non-hydrogen) atoms. The first-order valence-electron chi connectivity index (χ1n) is 10.9. The molecule has 0 atom stereocenters. The molecule has 0 bridgehead atoms. The van der Waals surface area contributed by atoms with Crippen molar-refractivity contribution in [2.24, 2.45) is 0 Å². The average Bonchev–Trinajstić information content (AvgIpc) is 3.61. The Morgan fingerprint density at radius 2 is 1.90 bits per heavy atom. The van der Waals surface area contributed by atoms with Crippen LogP contribution < -0.4 is 4.72 Å². The molecule has 1 saturated carbocycles. The number of carbonyl (C=O) groups excluding carboxylic acids is 1. The van der Waals surface area contributed by atoms with E-state index in [4.69, 9.17) is 0 Å². The molecular formula is C23H30N4O3S. The van der Waals surface area contributed by atoms with Crippen LogP contribution in [0.1, 0.15) is 41.7 Å². The monoisotopic (exact) mass is 442 g/mol. The van der Waals surface area contributed by atoms with E-state index in [2.05, 4.69) is 14.6 Å². The second-order valence-electron chi connectivity index (χ2n) is 8.48. The molecule has 1 aliphatic carbocycles. The third-order valence-corrected chi connectivity index (χ3v) is 7.64. The van der Waals surface area contributed by atoms with Crippen molar-refractivity contribution in [3.8, 4) is 0 Å². The van der Waals surface area contributed by atoms with Crippen LogP contribution in [0.25, 0.3) is 0 Å². The van der Waals surface area contributed by atoms with E-state index in [1.165, 1.54) is 6.07 Å². The first-order chi connectivity index (χ1) is 14.9. The van der Waals surface area contributed by atoms with E-state index in [9.17, 15) is 13.2 Å². The second kappa shape index (κ2) is 9.46. The predicted octanol–water partition coefficient (Wildman–Crippen LogP) is 2.30. The Labute approximate surface area is 184 Å².